The van der Waals surface area contributed by atoms with E-state index in [2.05, 4.69) is 0 Å². The van der Waals surface area contributed by atoms with E-state index in [1.165, 1.54) is 16.2 Å². The molecule has 3 heterocycles. The number of thiazole rings is 1. The zero-order chi connectivity index (χ0) is 17.4. The monoisotopic (exact) mass is 367 g/mol. The molecule has 4 nitrogen and oxygen atoms in total. The molecule has 0 radical (unpaired) electrons. The van der Waals surface area contributed by atoms with Crippen LogP contribution in [-0.2, 0) is 6.54 Å². The van der Waals surface area contributed by atoms with E-state index in [0.29, 0.717) is 29.5 Å². The van der Waals surface area contributed by atoms with Crippen molar-refractivity contribution in [2.75, 3.05) is 6.54 Å². The molecule has 0 atom stereocenters. The largest absolute Gasteiger partial charge is 0.510 e. The van der Waals surface area contributed by atoms with Crippen molar-refractivity contribution >= 4 is 34.1 Å². The summed E-state index contributed by atoms with van der Waals surface area (Å²) in [4.78, 5) is 8.88. The van der Waals surface area contributed by atoms with Gasteiger partial charge < -0.3 is 10.0 Å². The normalized spacial score (nSPS) is 14.6. The molecule has 6 heteroatoms. The van der Waals surface area contributed by atoms with Crippen molar-refractivity contribution in [3.05, 3.63) is 68.4 Å². The quantitative estimate of drug-likeness (QED) is 0.686. The van der Waals surface area contributed by atoms with Gasteiger partial charge in [-0.15, -0.1) is 22.7 Å². The van der Waals surface area contributed by atoms with Gasteiger partial charge >= 0.3 is 0 Å². The topological polar surface area (TPSA) is 60.2 Å². The molecule has 0 fully saturated rings. The number of nitrogens with one attached hydrogen (secondary N) is 1. The number of aliphatic hydroxyl groups is 1. The molecule has 0 unspecified atom stereocenters. The van der Waals surface area contributed by atoms with E-state index in [1.54, 1.807) is 11.3 Å². The minimum absolute atomic E-state index is 0.231. The number of hydrogen-bond donors (Lipinski definition) is 2. The molecule has 1 aliphatic rings. The number of rotatable bonds is 4. The second-order valence-corrected chi connectivity index (χ2v) is 8.13. The van der Waals surface area contributed by atoms with Crippen LogP contribution < -0.4 is 0 Å². The van der Waals surface area contributed by atoms with Crippen LogP contribution in [0.1, 0.15) is 14.8 Å². The highest BCUT2D eigenvalue weighted by molar-refractivity contribution is 7.13. The number of nitrogens with zero attached hydrogens (tertiary/aromatic N) is 2. The maximum Gasteiger partial charge on any atom is 0.135 e. The van der Waals surface area contributed by atoms with E-state index in [-0.39, 0.29) is 5.76 Å². The molecule has 0 aliphatic carbocycles. The lowest BCUT2D eigenvalue weighted by atomic mass is 10.1. The number of thiophene rings is 1. The summed E-state index contributed by atoms with van der Waals surface area (Å²) in [6.07, 6.45) is 0. The highest BCUT2D eigenvalue weighted by Gasteiger charge is 2.31. The van der Waals surface area contributed by atoms with Crippen molar-refractivity contribution in [2.45, 2.75) is 13.5 Å². The Hall–Kier alpha value is -2.44. The van der Waals surface area contributed by atoms with Crippen LogP contribution >= 0.6 is 22.7 Å². The van der Waals surface area contributed by atoms with Crippen LogP contribution in [0.4, 0.5) is 0 Å². The molecule has 2 N–H and O–H groups in total. The third-order valence-electron chi connectivity index (χ3n) is 4.17. The second kappa shape index (κ2) is 6.46. The molecule has 0 bridgehead atoms. The van der Waals surface area contributed by atoms with E-state index >= 15 is 0 Å². The summed E-state index contributed by atoms with van der Waals surface area (Å²) < 4.78 is 0. The zero-order valence-electron chi connectivity index (χ0n) is 13.7. The van der Waals surface area contributed by atoms with Gasteiger partial charge in [-0.25, -0.2) is 4.98 Å². The number of hydrogen-bond acceptors (Lipinski definition) is 5. The van der Waals surface area contributed by atoms with Crippen LogP contribution in [0, 0.1) is 12.3 Å². The second-order valence-electron chi connectivity index (χ2n) is 5.90. The minimum atomic E-state index is 0.231. The van der Waals surface area contributed by atoms with Crippen LogP contribution in [0.3, 0.4) is 0 Å². The average molecular weight is 367 g/mol. The van der Waals surface area contributed by atoms with E-state index in [9.17, 15) is 5.11 Å². The van der Waals surface area contributed by atoms with Crippen LogP contribution in [0.15, 0.2) is 53.6 Å². The van der Waals surface area contributed by atoms with Gasteiger partial charge in [0.1, 0.15) is 16.6 Å². The molecular formula is C19H17N3OS2. The first kappa shape index (κ1) is 16.1. The Labute approximate surface area is 154 Å². The Balaban J connectivity index is 1.63. The fraction of sp³-hybridized carbons (Fsp3) is 0.158. The van der Waals surface area contributed by atoms with Gasteiger partial charge in [-0.3, -0.25) is 5.41 Å². The van der Waals surface area contributed by atoms with E-state index in [0.717, 1.165) is 16.1 Å². The number of aryl methyl sites for hydroxylation is 1. The number of benzene rings is 1. The van der Waals surface area contributed by atoms with Crippen LogP contribution in [0.5, 0.6) is 0 Å². The highest BCUT2D eigenvalue weighted by atomic mass is 32.1. The van der Waals surface area contributed by atoms with E-state index in [1.807, 2.05) is 59.7 Å². The summed E-state index contributed by atoms with van der Waals surface area (Å²) in [5, 5.41) is 21.7. The lowest BCUT2D eigenvalue weighted by molar-refractivity contribution is 0.348. The first-order valence-corrected chi connectivity index (χ1v) is 9.64. The Bertz CT molecular complexity index is 942. The van der Waals surface area contributed by atoms with Gasteiger partial charge in [-0.05, 0) is 18.4 Å². The van der Waals surface area contributed by atoms with Crippen LogP contribution in [0.2, 0.25) is 0 Å². The lowest BCUT2D eigenvalue weighted by Gasteiger charge is -2.17. The predicted octanol–water partition coefficient (Wildman–Crippen LogP) is 4.94. The number of amidine groups is 1. The molecule has 1 aromatic carbocycles. The Morgan fingerprint density at radius 3 is 2.72 bits per heavy atom. The number of aromatic nitrogens is 1. The molecule has 4 rings (SSSR count). The summed E-state index contributed by atoms with van der Waals surface area (Å²) in [6.45, 7) is 3.04. The Morgan fingerprint density at radius 2 is 2.00 bits per heavy atom. The molecule has 1 aliphatic heterocycles. The van der Waals surface area contributed by atoms with Crippen LogP contribution in [-0.4, -0.2) is 27.4 Å². The van der Waals surface area contributed by atoms with Gasteiger partial charge in [0.25, 0.3) is 0 Å². The molecule has 0 spiro atoms. The van der Waals surface area contributed by atoms with Crippen molar-refractivity contribution in [3.8, 4) is 11.3 Å². The lowest BCUT2D eigenvalue weighted by Crippen LogP contribution is -2.25. The van der Waals surface area contributed by atoms with Crippen molar-refractivity contribution < 1.29 is 5.11 Å². The predicted molar refractivity (Wildman–Crippen MR) is 104 cm³/mol. The Kier molecular flexibility index (Phi) is 4.15. The van der Waals surface area contributed by atoms with Gasteiger partial charge in [0.05, 0.1) is 24.4 Å². The van der Waals surface area contributed by atoms with Gasteiger partial charge in [-0.1, -0.05) is 36.4 Å². The SMILES string of the molecule is Cc1sc(C2=C(O)CN(Cc3cccs3)C2=N)nc1-c1ccccc1. The molecular weight excluding hydrogens is 350 g/mol. The maximum absolute atomic E-state index is 10.4. The van der Waals surface area contributed by atoms with Gasteiger partial charge in [0, 0.05) is 15.3 Å². The molecule has 126 valence electrons. The molecule has 0 amide bonds. The molecule has 25 heavy (non-hydrogen) atoms. The fourth-order valence-electron chi connectivity index (χ4n) is 2.95. The molecule has 0 saturated heterocycles. The Morgan fingerprint density at radius 1 is 1.20 bits per heavy atom. The number of aliphatic hydroxyl groups excluding tert-OH is 1. The van der Waals surface area contributed by atoms with Crippen molar-refractivity contribution in [3.63, 3.8) is 0 Å². The third kappa shape index (κ3) is 2.99. The zero-order valence-corrected chi connectivity index (χ0v) is 15.3. The summed E-state index contributed by atoms with van der Waals surface area (Å²) in [5.74, 6) is 0.578. The van der Waals surface area contributed by atoms with E-state index < -0.39 is 0 Å². The highest BCUT2D eigenvalue weighted by Crippen LogP contribution is 2.35. The first-order valence-electron chi connectivity index (χ1n) is 7.95. The van der Waals surface area contributed by atoms with Crippen molar-refractivity contribution in [1.82, 2.24) is 9.88 Å². The van der Waals surface area contributed by atoms with E-state index in [4.69, 9.17) is 10.4 Å². The molecule has 3 aromatic rings. The maximum atomic E-state index is 10.4. The fourth-order valence-corrected chi connectivity index (χ4v) is 4.67. The van der Waals surface area contributed by atoms with Crippen LogP contribution in [0.25, 0.3) is 16.8 Å². The standard InChI is InChI=1S/C19H17N3OS2/c1-12-17(13-6-3-2-4-7-13)21-19(25-12)16-15(23)11-22(18(16)20)10-14-8-5-9-24-14/h2-9,20,23H,10-11H2,1H3. The minimum Gasteiger partial charge on any atom is -0.510 e. The summed E-state index contributed by atoms with van der Waals surface area (Å²) in [6, 6.07) is 14.1. The van der Waals surface area contributed by atoms with Gasteiger partial charge in [-0.2, -0.15) is 0 Å². The molecule has 2 aromatic heterocycles. The average Bonchev–Trinajstić information content (AvgIpc) is 3.30. The smallest absolute Gasteiger partial charge is 0.135 e. The van der Waals surface area contributed by atoms with Crippen molar-refractivity contribution in [1.29, 1.82) is 5.41 Å². The first-order chi connectivity index (χ1) is 12.1. The van der Waals surface area contributed by atoms with Gasteiger partial charge in [0.15, 0.2) is 0 Å². The molecule has 0 saturated carbocycles. The summed E-state index contributed by atoms with van der Waals surface area (Å²) in [7, 11) is 0. The third-order valence-corrected chi connectivity index (χ3v) is 6.02. The summed E-state index contributed by atoms with van der Waals surface area (Å²) >= 11 is 3.19. The van der Waals surface area contributed by atoms with Gasteiger partial charge in [0.2, 0.25) is 0 Å². The summed E-state index contributed by atoms with van der Waals surface area (Å²) in [5.41, 5.74) is 2.54. The van der Waals surface area contributed by atoms with Crippen molar-refractivity contribution in [2.24, 2.45) is 0 Å².